The highest BCUT2D eigenvalue weighted by Gasteiger charge is 2.17. The summed E-state index contributed by atoms with van der Waals surface area (Å²) in [5.74, 6) is 3.22. The molecule has 0 saturated heterocycles. The second kappa shape index (κ2) is 4.71. The number of halogens is 1. The van der Waals surface area contributed by atoms with Gasteiger partial charge in [0, 0.05) is 6.20 Å². The molecule has 2 aromatic heterocycles. The molecular formula is C8H9FN8O. The van der Waals surface area contributed by atoms with Crippen molar-refractivity contribution in [2.45, 2.75) is 0 Å². The molecule has 10 heteroatoms. The minimum atomic E-state index is -0.860. The monoisotopic (exact) mass is 252 g/mol. The van der Waals surface area contributed by atoms with Crippen LogP contribution in [0.5, 0.6) is 0 Å². The maximum atomic E-state index is 13.7. The Morgan fingerprint density at radius 1 is 1.56 bits per heavy atom. The highest BCUT2D eigenvalue weighted by Crippen LogP contribution is 2.14. The highest BCUT2D eigenvalue weighted by atomic mass is 19.1. The van der Waals surface area contributed by atoms with Crippen LogP contribution in [-0.4, -0.2) is 31.1 Å². The van der Waals surface area contributed by atoms with E-state index in [0.717, 1.165) is 4.80 Å². The average molecular weight is 252 g/mol. The summed E-state index contributed by atoms with van der Waals surface area (Å²) in [4.78, 5) is 16.5. The molecule has 9 nitrogen and oxygen atoms in total. The van der Waals surface area contributed by atoms with Crippen molar-refractivity contribution in [2.75, 3.05) is 10.7 Å². The molecule has 2 aromatic rings. The van der Waals surface area contributed by atoms with Gasteiger partial charge in [0.1, 0.15) is 0 Å². The first kappa shape index (κ1) is 11.9. The topological polar surface area (TPSA) is 124 Å². The van der Waals surface area contributed by atoms with Gasteiger partial charge in [0.25, 0.3) is 11.9 Å². The van der Waals surface area contributed by atoms with E-state index < -0.39 is 11.7 Å². The van der Waals surface area contributed by atoms with Crippen molar-refractivity contribution < 1.29 is 9.18 Å². The molecule has 0 atom stereocenters. The van der Waals surface area contributed by atoms with Crippen molar-refractivity contribution in [3.05, 3.63) is 23.6 Å². The van der Waals surface area contributed by atoms with E-state index in [2.05, 4.69) is 25.7 Å². The third-order valence-electron chi connectivity index (χ3n) is 2.00. The Hall–Kier alpha value is -2.62. The summed E-state index contributed by atoms with van der Waals surface area (Å²) in [7, 11) is 1.53. The van der Waals surface area contributed by atoms with Gasteiger partial charge < -0.3 is 5.43 Å². The lowest BCUT2D eigenvalue weighted by Crippen LogP contribution is -2.18. The van der Waals surface area contributed by atoms with Crippen LogP contribution >= 0.6 is 0 Å². The molecule has 0 saturated carbocycles. The number of pyridine rings is 1. The summed E-state index contributed by atoms with van der Waals surface area (Å²) in [5.41, 5.74) is 1.81. The molecule has 2 rings (SSSR count). The molecule has 0 aliphatic heterocycles. The Labute approximate surface area is 100 Å². The van der Waals surface area contributed by atoms with Crippen molar-refractivity contribution in [1.29, 1.82) is 0 Å². The van der Waals surface area contributed by atoms with Crippen LogP contribution in [0.25, 0.3) is 0 Å². The maximum absolute atomic E-state index is 13.7. The average Bonchev–Trinajstić information content (AvgIpc) is 2.75. The largest absolute Gasteiger partial charge is 0.306 e. The van der Waals surface area contributed by atoms with Crippen LogP contribution in [0.15, 0.2) is 12.3 Å². The van der Waals surface area contributed by atoms with Crippen LogP contribution in [0.4, 0.5) is 16.2 Å². The van der Waals surface area contributed by atoms with Gasteiger partial charge in [-0.15, -0.1) is 5.10 Å². The minimum absolute atomic E-state index is 0.0269. The summed E-state index contributed by atoms with van der Waals surface area (Å²) >= 11 is 0. The van der Waals surface area contributed by atoms with Crippen LogP contribution in [0, 0.1) is 5.82 Å². The Kier molecular flexibility index (Phi) is 3.10. The van der Waals surface area contributed by atoms with Crippen LogP contribution < -0.4 is 16.6 Å². The van der Waals surface area contributed by atoms with Crippen molar-refractivity contribution in [3.63, 3.8) is 0 Å². The van der Waals surface area contributed by atoms with Gasteiger partial charge in [0.15, 0.2) is 11.6 Å². The predicted molar refractivity (Wildman–Crippen MR) is 58.8 cm³/mol. The minimum Gasteiger partial charge on any atom is -0.306 e. The standard InChI is InChI=1S/C8H9FN8O/c1-17-15-8(14-16-17)12-7(18)4-2-3-11-6(13-10)5(4)9/h2-3H,10H2,1H3,(H,11,13)(H,12,15,18). The summed E-state index contributed by atoms with van der Waals surface area (Å²) in [6.45, 7) is 0. The van der Waals surface area contributed by atoms with Gasteiger partial charge in [-0.25, -0.2) is 15.2 Å². The molecule has 4 N–H and O–H groups in total. The van der Waals surface area contributed by atoms with Crippen LogP contribution in [0.2, 0.25) is 0 Å². The molecule has 1 amide bonds. The summed E-state index contributed by atoms with van der Waals surface area (Å²) in [6.07, 6.45) is 1.25. The number of carbonyl (C=O) groups excluding carboxylic acids is 1. The molecule has 0 aromatic carbocycles. The van der Waals surface area contributed by atoms with E-state index in [4.69, 9.17) is 5.84 Å². The number of aromatic nitrogens is 5. The normalized spacial score (nSPS) is 10.2. The third-order valence-corrected chi connectivity index (χ3v) is 2.00. The smallest absolute Gasteiger partial charge is 0.270 e. The fourth-order valence-electron chi connectivity index (χ4n) is 1.22. The van der Waals surface area contributed by atoms with E-state index in [1.165, 1.54) is 19.3 Å². The van der Waals surface area contributed by atoms with Crippen LogP contribution in [0.1, 0.15) is 10.4 Å². The summed E-state index contributed by atoms with van der Waals surface area (Å²) in [6, 6.07) is 1.21. The number of nitrogens with one attached hydrogen (secondary N) is 2. The molecule has 0 unspecified atom stereocenters. The van der Waals surface area contributed by atoms with Gasteiger partial charge in [-0.1, -0.05) is 5.10 Å². The maximum Gasteiger partial charge on any atom is 0.270 e. The van der Waals surface area contributed by atoms with Crippen LogP contribution in [0.3, 0.4) is 0 Å². The fourth-order valence-corrected chi connectivity index (χ4v) is 1.22. The van der Waals surface area contributed by atoms with E-state index in [1.54, 1.807) is 0 Å². The molecule has 0 spiro atoms. The number of rotatable bonds is 3. The number of anilines is 2. The molecule has 18 heavy (non-hydrogen) atoms. The second-order valence-electron chi connectivity index (χ2n) is 3.22. The SMILES string of the molecule is Cn1nnc(NC(=O)c2ccnc(NN)c2F)n1. The van der Waals surface area contributed by atoms with E-state index >= 15 is 0 Å². The van der Waals surface area contributed by atoms with Gasteiger partial charge in [-0.05, 0) is 11.3 Å². The number of aryl methyl sites for hydroxylation is 1. The van der Waals surface area contributed by atoms with Gasteiger partial charge in [-0.2, -0.15) is 4.80 Å². The van der Waals surface area contributed by atoms with Gasteiger partial charge in [0.05, 0.1) is 12.6 Å². The number of nitrogen functional groups attached to an aromatic ring is 1. The molecule has 0 fully saturated rings. The first-order valence-corrected chi connectivity index (χ1v) is 4.78. The second-order valence-corrected chi connectivity index (χ2v) is 3.22. The van der Waals surface area contributed by atoms with Gasteiger partial charge in [-0.3, -0.25) is 10.1 Å². The quantitative estimate of drug-likeness (QED) is 0.486. The number of carbonyl (C=O) groups is 1. The number of amides is 1. The van der Waals surface area contributed by atoms with E-state index in [1.807, 2.05) is 5.43 Å². The third kappa shape index (κ3) is 2.22. The first-order valence-electron chi connectivity index (χ1n) is 4.78. The van der Waals surface area contributed by atoms with Crippen molar-refractivity contribution in [3.8, 4) is 0 Å². The lowest BCUT2D eigenvalue weighted by molar-refractivity contribution is 0.102. The number of nitrogens with zero attached hydrogens (tertiary/aromatic N) is 5. The summed E-state index contributed by atoms with van der Waals surface area (Å²) in [5, 5.41) is 13.1. The number of tetrazole rings is 1. The number of hydrogen-bond donors (Lipinski definition) is 3. The lowest BCUT2D eigenvalue weighted by Gasteiger charge is -2.05. The molecule has 2 heterocycles. The molecule has 0 bridgehead atoms. The number of nitrogens with two attached hydrogens (primary N) is 1. The van der Waals surface area contributed by atoms with E-state index in [-0.39, 0.29) is 17.3 Å². The summed E-state index contributed by atoms with van der Waals surface area (Å²) < 4.78 is 13.7. The zero-order valence-electron chi connectivity index (χ0n) is 9.25. The molecular weight excluding hydrogens is 243 g/mol. The highest BCUT2D eigenvalue weighted by molar-refractivity contribution is 6.03. The molecule has 0 radical (unpaired) electrons. The number of hydrazine groups is 1. The van der Waals surface area contributed by atoms with Gasteiger partial charge >= 0.3 is 0 Å². The zero-order valence-corrected chi connectivity index (χ0v) is 9.25. The molecule has 0 aliphatic carbocycles. The Balaban J connectivity index is 2.24. The van der Waals surface area contributed by atoms with E-state index in [9.17, 15) is 9.18 Å². The molecule has 94 valence electrons. The lowest BCUT2D eigenvalue weighted by atomic mass is 10.2. The van der Waals surface area contributed by atoms with Crippen molar-refractivity contribution in [1.82, 2.24) is 25.2 Å². The van der Waals surface area contributed by atoms with E-state index in [0.29, 0.717) is 0 Å². The Morgan fingerprint density at radius 3 is 2.94 bits per heavy atom. The Morgan fingerprint density at radius 2 is 2.33 bits per heavy atom. The predicted octanol–water partition coefficient (Wildman–Crippen LogP) is -0.718. The fraction of sp³-hybridized carbons (Fsp3) is 0.125. The first-order chi connectivity index (χ1) is 8.61. The molecule has 0 aliphatic rings. The number of hydrogen-bond acceptors (Lipinski definition) is 7. The van der Waals surface area contributed by atoms with Crippen molar-refractivity contribution >= 4 is 17.7 Å². The zero-order chi connectivity index (χ0) is 13.1. The van der Waals surface area contributed by atoms with Crippen molar-refractivity contribution in [2.24, 2.45) is 12.9 Å². The Bertz CT molecular complexity index is 582. The van der Waals surface area contributed by atoms with Gasteiger partial charge in [0.2, 0.25) is 0 Å². The van der Waals surface area contributed by atoms with Crippen LogP contribution in [-0.2, 0) is 7.05 Å².